The van der Waals surface area contributed by atoms with Crippen molar-refractivity contribution in [1.82, 2.24) is 10.2 Å². The number of amides is 1. The summed E-state index contributed by atoms with van der Waals surface area (Å²) in [6.45, 7) is 2.44. The van der Waals surface area contributed by atoms with E-state index in [1.807, 2.05) is 18.2 Å². The summed E-state index contributed by atoms with van der Waals surface area (Å²) in [4.78, 5) is 14.7. The molecule has 1 aromatic rings. The summed E-state index contributed by atoms with van der Waals surface area (Å²) in [6.07, 6.45) is 4.77. The standard InChI is InChI=1S/C18H26N2O2/c21-17-10-4-8-15(17)12-19-18(22)16-9-5-11-20(16)13-14-6-2-1-3-7-14/h1-3,6-7,15-17,21H,4-5,8-13H2,(H,19,22). The van der Waals surface area contributed by atoms with Gasteiger partial charge in [0.1, 0.15) is 0 Å². The lowest BCUT2D eigenvalue weighted by atomic mass is 10.1. The van der Waals surface area contributed by atoms with Gasteiger partial charge in [-0.3, -0.25) is 9.69 Å². The molecule has 4 nitrogen and oxygen atoms in total. The zero-order valence-electron chi connectivity index (χ0n) is 13.1. The fourth-order valence-corrected chi connectivity index (χ4v) is 3.74. The van der Waals surface area contributed by atoms with Crippen LogP contribution in [0.3, 0.4) is 0 Å². The van der Waals surface area contributed by atoms with Gasteiger partial charge in [-0.15, -0.1) is 0 Å². The second kappa shape index (κ2) is 7.25. The predicted molar refractivity (Wildman–Crippen MR) is 86.2 cm³/mol. The lowest BCUT2D eigenvalue weighted by Crippen LogP contribution is -2.44. The van der Waals surface area contributed by atoms with E-state index in [1.165, 1.54) is 5.56 Å². The lowest BCUT2D eigenvalue weighted by molar-refractivity contribution is -0.125. The van der Waals surface area contributed by atoms with E-state index in [9.17, 15) is 9.90 Å². The zero-order chi connectivity index (χ0) is 15.4. The van der Waals surface area contributed by atoms with Crippen LogP contribution in [-0.4, -0.2) is 41.1 Å². The van der Waals surface area contributed by atoms with Crippen LogP contribution < -0.4 is 5.32 Å². The van der Waals surface area contributed by atoms with Crippen molar-refractivity contribution >= 4 is 5.91 Å². The predicted octanol–water partition coefficient (Wildman–Crippen LogP) is 1.93. The third-order valence-corrected chi connectivity index (χ3v) is 5.05. The van der Waals surface area contributed by atoms with Gasteiger partial charge in [0.05, 0.1) is 12.1 Å². The van der Waals surface area contributed by atoms with Gasteiger partial charge in [-0.1, -0.05) is 36.8 Å². The summed E-state index contributed by atoms with van der Waals surface area (Å²) >= 11 is 0. The van der Waals surface area contributed by atoms with Crippen LogP contribution in [0.5, 0.6) is 0 Å². The molecule has 2 N–H and O–H groups in total. The topological polar surface area (TPSA) is 52.6 Å². The molecule has 3 atom stereocenters. The van der Waals surface area contributed by atoms with Gasteiger partial charge >= 0.3 is 0 Å². The molecule has 22 heavy (non-hydrogen) atoms. The SMILES string of the molecule is O=C(NCC1CCCC1O)C1CCCN1Cc1ccccc1. The molecule has 0 bridgehead atoms. The Morgan fingerprint density at radius 3 is 2.73 bits per heavy atom. The number of benzene rings is 1. The molecule has 2 fully saturated rings. The van der Waals surface area contributed by atoms with Gasteiger partial charge in [0.25, 0.3) is 0 Å². The Morgan fingerprint density at radius 2 is 2.00 bits per heavy atom. The Bertz CT molecular complexity index is 491. The van der Waals surface area contributed by atoms with Crippen LogP contribution in [0.15, 0.2) is 30.3 Å². The molecule has 3 unspecified atom stereocenters. The smallest absolute Gasteiger partial charge is 0.237 e. The molecule has 0 spiro atoms. The van der Waals surface area contributed by atoms with Gasteiger partial charge in [-0.2, -0.15) is 0 Å². The molecule has 4 heteroatoms. The maximum absolute atomic E-state index is 12.5. The molecule has 1 heterocycles. The van der Waals surface area contributed by atoms with E-state index < -0.39 is 0 Å². The Kier molecular flexibility index (Phi) is 5.11. The van der Waals surface area contributed by atoms with Crippen LogP contribution in [0.25, 0.3) is 0 Å². The summed E-state index contributed by atoms with van der Waals surface area (Å²) in [5, 5.41) is 12.9. The van der Waals surface area contributed by atoms with Gasteiger partial charge < -0.3 is 10.4 Å². The molecule has 120 valence electrons. The maximum atomic E-state index is 12.5. The first-order valence-electron chi connectivity index (χ1n) is 8.48. The summed E-state index contributed by atoms with van der Waals surface area (Å²) in [6, 6.07) is 10.3. The van der Waals surface area contributed by atoms with E-state index in [4.69, 9.17) is 0 Å². The molecule has 1 saturated heterocycles. The minimum absolute atomic E-state index is 0.0150. The number of carbonyl (C=O) groups is 1. The third kappa shape index (κ3) is 3.68. The first-order valence-corrected chi connectivity index (χ1v) is 8.48. The third-order valence-electron chi connectivity index (χ3n) is 5.05. The number of likely N-dealkylation sites (tertiary alicyclic amines) is 1. The Balaban J connectivity index is 1.52. The van der Waals surface area contributed by atoms with Crippen molar-refractivity contribution < 1.29 is 9.90 Å². The van der Waals surface area contributed by atoms with Gasteiger partial charge in [0, 0.05) is 19.0 Å². The minimum Gasteiger partial charge on any atom is -0.393 e. The van der Waals surface area contributed by atoms with Crippen molar-refractivity contribution in [2.45, 2.75) is 50.8 Å². The molecule has 1 aliphatic carbocycles. The van der Waals surface area contributed by atoms with Crippen molar-refractivity contribution in [3.63, 3.8) is 0 Å². The molecule has 3 rings (SSSR count). The monoisotopic (exact) mass is 302 g/mol. The first-order chi connectivity index (χ1) is 10.7. The number of hydrogen-bond donors (Lipinski definition) is 2. The minimum atomic E-state index is -0.232. The van der Waals surface area contributed by atoms with E-state index in [1.54, 1.807) is 0 Å². The van der Waals surface area contributed by atoms with E-state index in [0.29, 0.717) is 6.54 Å². The highest BCUT2D eigenvalue weighted by Gasteiger charge is 2.32. The fourth-order valence-electron chi connectivity index (χ4n) is 3.74. The number of nitrogens with zero attached hydrogens (tertiary/aromatic N) is 1. The van der Waals surface area contributed by atoms with E-state index in [0.717, 1.165) is 45.2 Å². The molecule has 1 aliphatic heterocycles. The summed E-state index contributed by atoms with van der Waals surface area (Å²) in [7, 11) is 0. The highest BCUT2D eigenvalue weighted by atomic mass is 16.3. The largest absolute Gasteiger partial charge is 0.393 e. The maximum Gasteiger partial charge on any atom is 0.237 e. The van der Waals surface area contributed by atoms with Crippen LogP contribution in [0, 0.1) is 5.92 Å². The summed E-state index contributed by atoms with van der Waals surface area (Å²) in [5.74, 6) is 0.375. The van der Waals surface area contributed by atoms with Crippen LogP contribution >= 0.6 is 0 Å². The molecule has 2 aliphatic rings. The average molecular weight is 302 g/mol. The van der Waals surface area contributed by atoms with Gasteiger partial charge in [-0.25, -0.2) is 0 Å². The Morgan fingerprint density at radius 1 is 1.18 bits per heavy atom. The molecule has 1 saturated carbocycles. The average Bonchev–Trinajstić information content (AvgIpc) is 3.15. The lowest BCUT2D eigenvalue weighted by Gasteiger charge is -2.25. The van der Waals surface area contributed by atoms with Crippen LogP contribution in [0.4, 0.5) is 0 Å². The number of aliphatic hydroxyl groups excluding tert-OH is 1. The summed E-state index contributed by atoms with van der Waals surface area (Å²) in [5.41, 5.74) is 1.26. The molecular weight excluding hydrogens is 276 g/mol. The molecule has 0 aromatic heterocycles. The van der Waals surface area contributed by atoms with Crippen LogP contribution in [0.1, 0.15) is 37.7 Å². The van der Waals surface area contributed by atoms with Crippen LogP contribution in [0.2, 0.25) is 0 Å². The second-order valence-electron chi connectivity index (χ2n) is 6.62. The summed E-state index contributed by atoms with van der Waals surface area (Å²) < 4.78 is 0. The van der Waals surface area contributed by atoms with E-state index in [2.05, 4.69) is 22.3 Å². The van der Waals surface area contributed by atoms with Crippen LogP contribution in [-0.2, 0) is 11.3 Å². The van der Waals surface area contributed by atoms with Gasteiger partial charge in [0.2, 0.25) is 5.91 Å². The second-order valence-corrected chi connectivity index (χ2v) is 6.62. The van der Waals surface area contributed by atoms with Crippen molar-refractivity contribution in [3.05, 3.63) is 35.9 Å². The van der Waals surface area contributed by atoms with Gasteiger partial charge in [0.15, 0.2) is 0 Å². The highest BCUT2D eigenvalue weighted by Crippen LogP contribution is 2.25. The number of nitrogens with one attached hydrogen (secondary N) is 1. The number of rotatable bonds is 5. The fraction of sp³-hybridized carbons (Fsp3) is 0.611. The van der Waals surface area contributed by atoms with Crippen molar-refractivity contribution in [1.29, 1.82) is 0 Å². The van der Waals surface area contributed by atoms with Crippen molar-refractivity contribution in [3.8, 4) is 0 Å². The Hall–Kier alpha value is -1.39. The highest BCUT2D eigenvalue weighted by molar-refractivity contribution is 5.82. The molecule has 1 amide bonds. The number of aliphatic hydroxyl groups is 1. The quantitative estimate of drug-likeness (QED) is 0.874. The Labute approximate surface area is 132 Å². The van der Waals surface area contributed by atoms with E-state index in [-0.39, 0.29) is 24.0 Å². The first kappa shape index (κ1) is 15.5. The molecular formula is C18H26N2O2. The molecule has 1 aromatic carbocycles. The van der Waals surface area contributed by atoms with E-state index >= 15 is 0 Å². The zero-order valence-corrected chi connectivity index (χ0v) is 13.1. The van der Waals surface area contributed by atoms with Gasteiger partial charge in [-0.05, 0) is 37.8 Å². The van der Waals surface area contributed by atoms with Crippen molar-refractivity contribution in [2.75, 3.05) is 13.1 Å². The number of hydrogen-bond acceptors (Lipinski definition) is 3. The normalized spacial score (nSPS) is 28.9. The van der Waals surface area contributed by atoms with Crippen molar-refractivity contribution in [2.24, 2.45) is 5.92 Å². The molecule has 0 radical (unpaired) electrons. The number of carbonyl (C=O) groups excluding carboxylic acids is 1.